The van der Waals surface area contributed by atoms with Crippen molar-refractivity contribution in [3.63, 3.8) is 0 Å². The lowest BCUT2D eigenvalue weighted by atomic mass is 10.0. The summed E-state index contributed by atoms with van der Waals surface area (Å²) in [5.74, 6) is -1.29. The lowest BCUT2D eigenvalue weighted by molar-refractivity contribution is 0.0476. The molecule has 0 fully saturated rings. The SMILES string of the molecule is COc1cccc(C(=O)COC(=O)c2cc(-c3ccc(N4C(=O)c5ccccc5C4=O)cc3)nc3ccc(Br)cc23)c1. The van der Waals surface area contributed by atoms with Gasteiger partial charge >= 0.3 is 5.97 Å². The third-order valence-corrected chi connectivity index (χ3v) is 7.43. The Labute approximate surface area is 248 Å². The van der Waals surface area contributed by atoms with Crippen LogP contribution in [0.5, 0.6) is 5.75 Å². The van der Waals surface area contributed by atoms with Crippen LogP contribution < -0.4 is 9.64 Å². The number of hydrogen-bond acceptors (Lipinski definition) is 7. The van der Waals surface area contributed by atoms with Crippen LogP contribution in [0.25, 0.3) is 22.2 Å². The molecule has 0 aliphatic carbocycles. The van der Waals surface area contributed by atoms with Gasteiger partial charge in [0, 0.05) is 21.0 Å². The molecule has 8 nitrogen and oxygen atoms in total. The maximum atomic E-state index is 13.3. The van der Waals surface area contributed by atoms with Crippen molar-refractivity contribution in [1.29, 1.82) is 0 Å². The van der Waals surface area contributed by atoms with Gasteiger partial charge in [-0.25, -0.2) is 14.7 Å². The van der Waals surface area contributed by atoms with Crippen molar-refractivity contribution in [2.24, 2.45) is 0 Å². The first-order valence-corrected chi connectivity index (χ1v) is 13.7. The van der Waals surface area contributed by atoms with E-state index in [0.29, 0.717) is 50.3 Å². The molecule has 0 radical (unpaired) electrons. The Morgan fingerprint density at radius 2 is 1.55 bits per heavy atom. The predicted molar refractivity (Wildman–Crippen MR) is 160 cm³/mol. The topological polar surface area (TPSA) is 103 Å². The number of methoxy groups -OCH3 is 1. The molecule has 1 aliphatic rings. The molecule has 42 heavy (non-hydrogen) atoms. The fourth-order valence-corrected chi connectivity index (χ4v) is 5.17. The van der Waals surface area contributed by atoms with Crippen LogP contribution in [0.2, 0.25) is 0 Å². The molecule has 0 atom stereocenters. The molecule has 0 unspecified atom stereocenters. The van der Waals surface area contributed by atoms with Gasteiger partial charge in [0.05, 0.1) is 40.7 Å². The molecule has 206 valence electrons. The minimum absolute atomic E-state index is 0.235. The number of rotatable bonds is 7. The van der Waals surface area contributed by atoms with E-state index >= 15 is 0 Å². The number of imide groups is 1. The van der Waals surface area contributed by atoms with Crippen LogP contribution in [0, 0.1) is 0 Å². The Morgan fingerprint density at radius 1 is 0.833 bits per heavy atom. The second-order valence-electron chi connectivity index (χ2n) is 9.49. The van der Waals surface area contributed by atoms with Crippen LogP contribution in [-0.2, 0) is 4.74 Å². The van der Waals surface area contributed by atoms with Crippen LogP contribution in [0.3, 0.4) is 0 Å². The van der Waals surface area contributed by atoms with Gasteiger partial charge in [0.25, 0.3) is 11.8 Å². The molecular formula is C33H21BrN2O6. The number of pyridine rings is 1. The van der Waals surface area contributed by atoms with E-state index in [2.05, 4.69) is 15.9 Å². The summed E-state index contributed by atoms with van der Waals surface area (Å²) in [6, 6.07) is 27.0. The molecule has 0 bridgehead atoms. The van der Waals surface area contributed by atoms with Crippen LogP contribution in [0.1, 0.15) is 41.4 Å². The first kappa shape index (κ1) is 27.0. The Morgan fingerprint density at radius 3 is 2.24 bits per heavy atom. The highest BCUT2D eigenvalue weighted by Crippen LogP contribution is 2.32. The lowest BCUT2D eigenvalue weighted by Gasteiger charge is -2.15. The summed E-state index contributed by atoms with van der Waals surface area (Å²) in [5.41, 5.74) is 3.43. The van der Waals surface area contributed by atoms with Crippen molar-refractivity contribution < 1.29 is 28.7 Å². The number of aromatic nitrogens is 1. The van der Waals surface area contributed by atoms with Crippen LogP contribution in [0.4, 0.5) is 5.69 Å². The number of halogens is 1. The monoisotopic (exact) mass is 620 g/mol. The van der Waals surface area contributed by atoms with E-state index in [1.807, 2.05) is 6.07 Å². The molecular weight excluding hydrogens is 600 g/mol. The number of carbonyl (C=O) groups excluding carboxylic acids is 4. The van der Waals surface area contributed by atoms with E-state index in [4.69, 9.17) is 14.5 Å². The summed E-state index contributed by atoms with van der Waals surface area (Å²) in [7, 11) is 1.51. The highest BCUT2D eigenvalue weighted by atomic mass is 79.9. The molecule has 5 aromatic rings. The number of esters is 1. The third kappa shape index (κ3) is 4.95. The van der Waals surface area contributed by atoms with E-state index in [9.17, 15) is 19.2 Å². The minimum Gasteiger partial charge on any atom is -0.497 e. The largest absolute Gasteiger partial charge is 0.497 e. The van der Waals surface area contributed by atoms with Gasteiger partial charge in [0.15, 0.2) is 12.4 Å². The molecule has 1 aromatic heterocycles. The number of ketones is 1. The number of anilines is 1. The Kier molecular flexibility index (Phi) is 7.10. The number of hydrogen-bond donors (Lipinski definition) is 0. The fraction of sp³-hybridized carbons (Fsp3) is 0.0606. The van der Waals surface area contributed by atoms with Gasteiger partial charge in [0.2, 0.25) is 0 Å². The van der Waals surface area contributed by atoms with Gasteiger partial charge in [-0.1, -0.05) is 52.3 Å². The molecule has 2 heterocycles. The number of nitrogens with zero attached hydrogens (tertiary/aromatic N) is 2. The zero-order chi connectivity index (χ0) is 29.4. The van der Waals surface area contributed by atoms with Crippen molar-refractivity contribution in [3.05, 3.63) is 124 Å². The van der Waals surface area contributed by atoms with E-state index in [0.717, 1.165) is 9.37 Å². The fourth-order valence-electron chi connectivity index (χ4n) is 4.81. The summed E-state index contributed by atoms with van der Waals surface area (Å²) in [6.45, 7) is -0.450. The summed E-state index contributed by atoms with van der Waals surface area (Å²) in [6.07, 6.45) is 0. The maximum Gasteiger partial charge on any atom is 0.339 e. The van der Waals surface area contributed by atoms with E-state index < -0.39 is 12.6 Å². The Balaban J connectivity index is 1.29. The summed E-state index contributed by atoms with van der Waals surface area (Å²) in [4.78, 5) is 57.7. The summed E-state index contributed by atoms with van der Waals surface area (Å²) < 4.78 is 11.4. The zero-order valence-electron chi connectivity index (χ0n) is 22.2. The van der Waals surface area contributed by atoms with E-state index in [1.165, 1.54) is 7.11 Å². The Bertz CT molecular complexity index is 1880. The first-order valence-electron chi connectivity index (χ1n) is 12.9. The van der Waals surface area contributed by atoms with Crippen molar-refractivity contribution in [2.75, 3.05) is 18.6 Å². The lowest BCUT2D eigenvalue weighted by Crippen LogP contribution is -2.29. The number of carbonyl (C=O) groups is 4. The van der Waals surface area contributed by atoms with Crippen molar-refractivity contribution >= 4 is 56.1 Å². The van der Waals surface area contributed by atoms with Gasteiger partial charge in [-0.3, -0.25) is 14.4 Å². The average molecular weight is 621 g/mol. The van der Waals surface area contributed by atoms with Crippen molar-refractivity contribution in [1.82, 2.24) is 4.98 Å². The molecule has 4 aromatic carbocycles. The molecule has 0 saturated carbocycles. The Hall–Kier alpha value is -5.15. The van der Waals surface area contributed by atoms with Gasteiger partial charge in [0.1, 0.15) is 5.75 Å². The minimum atomic E-state index is -0.680. The maximum absolute atomic E-state index is 13.3. The predicted octanol–water partition coefficient (Wildman–Crippen LogP) is 6.51. The standard InChI is InChI=1S/C33H21BrN2O6/c1-41-23-6-4-5-20(15-23)30(37)18-42-33(40)27-17-29(35-28-14-11-21(34)16-26(27)28)19-9-12-22(13-10-19)36-31(38)24-7-2-3-8-25(24)32(36)39/h2-17H,18H2,1H3. The number of Topliss-reactive ketones (excluding diaryl/α,β-unsaturated/α-hetero) is 1. The summed E-state index contributed by atoms with van der Waals surface area (Å²) >= 11 is 3.44. The molecule has 2 amide bonds. The first-order chi connectivity index (χ1) is 20.3. The quantitative estimate of drug-likeness (QED) is 0.116. The molecule has 0 N–H and O–H groups in total. The van der Waals surface area contributed by atoms with Crippen molar-refractivity contribution in [3.8, 4) is 17.0 Å². The molecule has 1 aliphatic heterocycles. The molecule has 6 rings (SSSR count). The van der Waals surface area contributed by atoms with Crippen LogP contribution in [-0.4, -0.2) is 42.3 Å². The van der Waals surface area contributed by atoms with Gasteiger partial charge in [-0.2, -0.15) is 0 Å². The molecule has 9 heteroatoms. The highest BCUT2D eigenvalue weighted by Gasteiger charge is 2.36. The second-order valence-corrected chi connectivity index (χ2v) is 10.4. The van der Waals surface area contributed by atoms with E-state index in [-0.39, 0.29) is 23.2 Å². The van der Waals surface area contributed by atoms with Gasteiger partial charge < -0.3 is 9.47 Å². The molecule has 0 saturated heterocycles. The second kappa shape index (κ2) is 11.0. The van der Waals surface area contributed by atoms with Gasteiger partial charge in [-0.05, 0) is 60.7 Å². The van der Waals surface area contributed by atoms with E-state index in [1.54, 1.807) is 91.0 Å². The van der Waals surface area contributed by atoms with Crippen molar-refractivity contribution in [2.45, 2.75) is 0 Å². The highest BCUT2D eigenvalue weighted by molar-refractivity contribution is 9.10. The normalized spacial score (nSPS) is 12.4. The zero-order valence-corrected chi connectivity index (χ0v) is 23.8. The number of benzene rings is 4. The average Bonchev–Trinajstić information content (AvgIpc) is 3.28. The van der Waals surface area contributed by atoms with Crippen LogP contribution in [0.15, 0.2) is 102 Å². The molecule has 0 spiro atoms. The number of ether oxygens (including phenoxy) is 2. The van der Waals surface area contributed by atoms with Gasteiger partial charge in [-0.15, -0.1) is 0 Å². The smallest absolute Gasteiger partial charge is 0.339 e. The number of amides is 2. The van der Waals surface area contributed by atoms with Crippen LogP contribution >= 0.6 is 15.9 Å². The number of fused-ring (bicyclic) bond motifs is 2. The summed E-state index contributed by atoms with van der Waals surface area (Å²) in [5, 5.41) is 0.551. The third-order valence-electron chi connectivity index (χ3n) is 6.93.